The Labute approximate surface area is 202 Å². The van der Waals surface area contributed by atoms with E-state index in [-0.39, 0.29) is 34.1 Å². The number of rotatable bonds is 4. The van der Waals surface area contributed by atoms with E-state index in [1.807, 2.05) is 4.90 Å². The van der Waals surface area contributed by atoms with E-state index in [2.05, 4.69) is 25.3 Å². The van der Waals surface area contributed by atoms with Crippen LogP contribution in [0.4, 0.5) is 18.9 Å². The molecular weight excluding hydrogens is 475 g/mol. The SMILES string of the molecule is CNC(=O)c1ccc(N2CC3CN(Cc4ccc5c([nH]c(=O)c6c(F)cnn65)c4F)CC3C2)c(F)n1. The molecule has 2 aliphatic rings. The lowest BCUT2D eigenvalue weighted by molar-refractivity contribution is 0.0957. The van der Waals surface area contributed by atoms with Gasteiger partial charge in [-0.25, -0.2) is 18.3 Å². The normalized spacial score (nSPS) is 19.9. The number of carbonyl (C=O) groups is 1. The zero-order valence-corrected chi connectivity index (χ0v) is 19.3. The Hall–Kier alpha value is -3.93. The van der Waals surface area contributed by atoms with Gasteiger partial charge in [-0.05, 0) is 30.0 Å². The summed E-state index contributed by atoms with van der Waals surface area (Å²) < 4.78 is 44.9. The lowest BCUT2D eigenvalue weighted by Gasteiger charge is -2.23. The number of carbonyl (C=O) groups excluding carboxylic acids is 1. The van der Waals surface area contributed by atoms with Crippen molar-refractivity contribution in [3.05, 3.63) is 69.7 Å². The molecule has 1 aromatic carbocycles. The lowest BCUT2D eigenvalue weighted by Crippen LogP contribution is -2.30. The minimum absolute atomic E-state index is 0.0122. The molecule has 5 heterocycles. The maximum atomic E-state index is 15.4. The van der Waals surface area contributed by atoms with Gasteiger partial charge < -0.3 is 15.2 Å². The average Bonchev–Trinajstić information content (AvgIpc) is 3.54. The molecule has 4 aromatic rings. The van der Waals surface area contributed by atoms with Crippen molar-refractivity contribution >= 4 is 28.1 Å². The summed E-state index contributed by atoms with van der Waals surface area (Å²) in [7, 11) is 1.46. The number of pyridine rings is 1. The number of amides is 1. The van der Waals surface area contributed by atoms with Crippen molar-refractivity contribution in [1.29, 1.82) is 0 Å². The van der Waals surface area contributed by atoms with Crippen LogP contribution in [0.15, 0.2) is 35.3 Å². The van der Waals surface area contributed by atoms with Crippen LogP contribution in [0, 0.1) is 29.4 Å². The zero-order chi connectivity index (χ0) is 25.1. The Kier molecular flexibility index (Phi) is 5.21. The van der Waals surface area contributed by atoms with Crippen LogP contribution in [0.1, 0.15) is 16.1 Å². The first-order valence-corrected chi connectivity index (χ1v) is 11.6. The molecule has 0 saturated carbocycles. The highest BCUT2D eigenvalue weighted by Gasteiger charge is 2.41. The van der Waals surface area contributed by atoms with E-state index in [0.29, 0.717) is 44.0 Å². The number of hydrogen-bond acceptors (Lipinski definition) is 6. The standard InChI is InChI=1S/C24H22F3N7O2/c1-28-23(35)16-3-5-18(22(27)30-16)33-10-13-8-32(9-14(13)11-33)7-12-2-4-17-20(19(12)26)31-24(36)21-15(25)6-29-34(17)21/h2-6,13-14H,7-11H2,1H3,(H,28,35)(H,31,36). The highest BCUT2D eigenvalue weighted by atomic mass is 19.1. The molecule has 0 spiro atoms. The monoisotopic (exact) mass is 497 g/mol. The first-order valence-electron chi connectivity index (χ1n) is 11.6. The number of halogens is 3. The summed E-state index contributed by atoms with van der Waals surface area (Å²) in [6, 6.07) is 6.35. The van der Waals surface area contributed by atoms with Gasteiger partial charge in [-0.1, -0.05) is 6.07 Å². The first-order chi connectivity index (χ1) is 17.3. The van der Waals surface area contributed by atoms with Crippen LogP contribution < -0.4 is 15.8 Å². The van der Waals surface area contributed by atoms with E-state index >= 15 is 4.39 Å². The van der Waals surface area contributed by atoms with Crippen molar-refractivity contribution in [2.75, 3.05) is 38.1 Å². The van der Waals surface area contributed by atoms with E-state index in [9.17, 15) is 18.4 Å². The summed E-state index contributed by atoms with van der Waals surface area (Å²) >= 11 is 0. The summed E-state index contributed by atoms with van der Waals surface area (Å²) in [5.41, 5.74) is 0.0949. The van der Waals surface area contributed by atoms with Crippen molar-refractivity contribution in [3.8, 4) is 0 Å². The van der Waals surface area contributed by atoms with E-state index < -0.39 is 29.0 Å². The van der Waals surface area contributed by atoms with Gasteiger partial charge in [0.15, 0.2) is 17.2 Å². The molecule has 9 nitrogen and oxygen atoms in total. The van der Waals surface area contributed by atoms with E-state index in [0.717, 1.165) is 10.7 Å². The van der Waals surface area contributed by atoms with Gasteiger partial charge >= 0.3 is 0 Å². The number of hydrogen-bond donors (Lipinski definition) is 2. The van der Waals surface area contributed by atoms with E-state index in [1.54, 1.807) is 18.2 Å². The predicted molar refractivity (Wildman–Crippen MR) is 125 cm³/mol. The van der Waals surface area contributed by atoms with Crippen LogP contribution >= 0.6 is 0 Å². The molecule has 2 saturated heterocycles. The second-order valence-corrected chi connectivity index (χ2v) is 9.34. The molecule has 2 fully saturated rings. The fourth-order valence-corrected chi connectivity index (χ4v) is 5.49. The Bertz CT molecular complexity index is 1570. The number of fused-ring (bicyclic) bond motifs is 4. The third-order valence-corrected chi connectivity index (χ3v) is 7.19. The van der Waals surface area contributed by atoms with Gasteiger partial charge in [-0.15, -0.1) is 0 Å². The summed E-state index contributed by atoms with van der Waals surface area (Å²) in [4.78, 5) is 34.3. The molecule has 0 aliphatic carbocycles. The molecule has 3 aromatic heterocycles. The summed E-state index contributed by atoms with van der Waals surface area (Å²) in [5.74, 6) is -1.90. The molecule has 36 heavy (non-hydrogen) atoms. The van der Waals surface area contributed by atoms with Crippen LogP contribution in [0.5, 0.6) is 0 Å². The molecule has 186 valence electrons. The number of likely N-dealkylation sites (tertiary alicyclic amines) is 1. The Balaban J connectivity index is 1.18. The van der Waals surface area contributed by atoms with Gasteiger partial charge in [0.25, 0.3) is 11.5 Å². The molecule has 2 unspecified atom stereocenters. The second kappa shape index (κ2) is 8.33. The smallest absolute Gasteiger partial charge is 0.277 e. The lowest BCUT2D eigenvalue weighted by atomic mass is 10.0. The zero-order valence-electron chi connectivity index (χ0n) is 19.3. The fraction of sp³-hybridized carbons (Fsp3) is 0.333. The molecule has 6 rings (SSSR count). The third kappa shape index (κ3) is 3.51. The van der Waals surface area contributed by atoms with Crippen molar-refractivity contribution < 1.29 is 18.0 Å². The van der Waals surface area contributed by atoms with Gasteiger partial charge in [-0.3, -0.25) is 14.5 Å². The Morgan fingerprint density at radius 3 is 2.56 bits per heavy atom. The van der Waals surface area contributed by atoms with Gasteiger partial charge in [-0.2, -0.15) is 9.49 Å². The average molecular weight is 497 g/mol. The Morgan fingerprint density at radius 2 is 1.86 bits per heavy atom. The minimum atomic E-state index is -0.765. The number of H-pyrrole nitrogens is 1. The summed E-state index contributed by atoms with van der Waals surface area (Å²) in [6.45, 7) is 3.04. The van der Waals surface area contributed by atoms with Gasteiger partial charge in [0.2, 0.25) is 5.95 Å². The van der Waals surface area contributed by atoms with Gasteiger partial charge in [0.1, 0.15) is 11.2 Å². The van der Waals surface area contributed by atoms with Crippen molar-refractivity contribution in [1.82, 2.24) is 29.8 Å². The minimum Gasteiger partial charge on any atom is -0.367 e. The quantitative estimate of drug-likeness (QED) is 0.418. The number of aromatic nitrogens is 4. The van der Waals surface area contributed by atoms with Crippen LogP contribution in [0.3, 0.4) is 0 Å². The van der Waals surface area contributed by atoms with E-state index in [4.69, 9.17) is 0 Å². The van der Waals surface area contributed by atoms with Gasteiger partial charge in [0, 0.05) is 45.3 Å². The van der Waals surface area contributed by atoms with Crippen molar-refractivity contribution in [2.45, 2.75) is 6.54 Å². The second-order valence-electron chi connectivity index (χ2n) is 9.34. The molecule has 12 heteroatoms. The van der Waals surface area contributed by atoms with Crippen molar-refractivity contribution in [2.24, 2.45) is 11.8 Å². The molecule has 1 amide bonds. The summed E-state index contributed by atoms with van der Waals surface area (Å²) in [5, 5.41) is 6.29. The first kappa shape index (κ1) is 22.5. The highest BCUT2D eigenvalue weighted by Crippen LogP contribution is 2.35. The molecule has 2 aliphatic heterocycles. The number of benzene rings is 1. The molecule has 0 bridgehead atoms. The van der Waals surface area contributed by atoms with Crippen LogP contribution in [-0.2, 0) is 6.54 Å². The largest absolute Gasteiger partial charge is 0.367 e. The number of nitrogens with zero attached hydrogens (tertiary/aromatic N) is 5. The number of anilines is 1. The molecule has 0 radical (unpaired) electrons. The van der Waals surface area contributed by atoms with Crippen LogP contribution in [-0.4, -0.2) is 63.6 Å². The highest BCUT2D eigenvalue weighted by molar-refractivity contribution is 5.92. The Morgan fingerprint density at radius 1 is 1.11 bits per heavy atom. The topological polar surface area (TPSA) is 98.6 Å². The van der Waals surface area contributed by atoms with E-state index in [1.165, 1.54) is 13.1 Å². The molecule has 2 N–H and O–H groups in total. The van der Waals surface area contributed by atoms with Crippen LogP contribution in [0.25, 0.3) is 16.6 Å². The third-order valence-electron chi connectivity index (χ3n) is 7.19. The molecule has 2 atom stereocenters. The number of nitrogens with one attached hydrogen (secondary N) is 2. The number of aromatic amines is 1. The maximum Gasteiger partial charge on any atom is 0.277 e. The van der Waals surface area contributed by atoms with Crippen molar-refractivity contribution in [3.63, 3.8) is 0 Å². The maximum absolute atomic E-state index is 15.4. The molecular formula is C24H22F3N7O2. The van der Waals surface area contributed by atoms with Gasteiger partial charge in [0.05, 0.1) is 17.4 Å². The predicted octanol–water partition coefficient (Wildman–Crippen LogP) is 1.92. The van der Waals surface area contributed by atoms with Crippen LogP contribution in [0.2, 0.25) is 0 Å². The fourth-order valence-electron chi connectivity index (χ4n) is 5.49. The summed E-state index contributed by atoms with van der Waals surface area (Å²) in [6.07, 6.45) is 0.931.